The van der Waals surface area contributed by atoms with Crippen LogP contribution in [-0.2, 0) is 18.4 Å². The molecule has 7 heteroatoms. The molecule has 3 aromatic rings. The molecule has 2 amide bonds. The van der Waals surface area contributed by atoms with E-state index in [0.29, 0.717) is 43.5 Å². The standard InChI is InChI=1S/C28H33N5O2/c1-19-26(30-25(16-29)31(19)2)28(35)33-18-23(21-11-7-4-8-12-21)15-24(33)27(34)32-14-13-22(17-32)20-9-5-3-6-10-20/h3-12,22-24H,13-18,29H2,1-2H3. The normalized spacial score (nSPS) is 22.1. The molecule has 3 atom stereocenters. The van der Waals surface area contributed by atoms with Crippen molar-refractivity contribution in [3.05, 3.63) is 89.0 Å². The SMILES string of the molecule is Cc1c(C(=O)N2CC(c3ccccc3)CC2C(=O)N2CCC(c3ccccc3)C2)nc(CN)n1C. The van der Waals surface area contributed by atoms with Crippen molar-refractivity contribution in [2.24, 2.45) is 12.8 Å². The number of amides is 2. The first-order valence-corrected chi connectivity index (χ1v) is 12.4. The second-order valence-corrected chi connectivity index (χ2v) is 9.72. The zero-order chi connectivity index (χ0) is 24.5. The highest BCUT2D eigenvalue weighted by Gasteiger charge is 2.44. The van der Waals surface area contributed by atoms with Crippen LogP contribution in [0.15, 0.2) is 60.7 Å². The number of likely N-dealkylation sites (tertiary alicyclic amines) is 2. The molecule has 2 N–H and O–H groups in total. The van der Waals surface area contributed by atoms with E-state index < -0.39 is 6.04 Å². The third-order valence-corrected chi connectivity index (χ3v) is 7.75. The summed E-state index contributed by atoms with van der Waals surface area (Å²) in [6.07, 6.45) is 1.56. The summed E-state index contributed by atoms with van der Waals surface area (Å²) >= 11 is 0. The number of aromatic nitrogens is 2. The van der Waals surface area contributed by atoms with Crippen LogP contribution in [0.25, 0.3) is 0 Å². The van der Waals surface area contributed by atoms with Crippen LogP contribution in [0.2, 0.25) is 0 Å². The van der Waals surface area contributed by atoms with Gasteiger partial charge in [0.25, 0.3) is 5.91 Å². The summed E-state index contributed by atoms with van der Waals surface area (Å²) < 4.78 is 1.86. The molecule has 7 nitrogen and oxygen atoms in total. The van der Waals surface area contributed by atoms with Gasteiger partial charge in [0.1, 0.15) is 17.6 Å². The fraction of sp³-hybridized carbons (Fsp3) is 0.393. The zero-order valence-corrected chi connectivity index (χ0v) is 20.4. The Labute approximate surface area is 206 Å². The summed E-state index contributed by atoms with van der Waals surface area (Å²) in [5, 5.41) is 0. The van der Waals surface area contributed by atoms with Crippen LogP contribution in [0.3, 0.4) is 0 Å². The molecular weight excluding hydrogens is 438 g/mol. The summed E-state index contributed by atoms with van der Waals surface area (Å²) in [6, 6.07) is 20.1. The minimum absolute atomic E-state index is 0.0443. The van der Waals surface area contributed by atoms with Gasteiger partial charge in [0, 0.05) is 44.2 Å². The van der Waals surface area contributed by atoms with Gasteiger partial charge in [0.15, 0.2) is 0 Å². The summed E-state index contributed by atoms with van der Waals surface area (Å²) in [4.78, 5) is 35.9. The third kappa shape index (κ3) is 4.36. The average molecular weight is 472 g/mol. The lowest BCUT2D eigenvalue weighted by atomic mass is 9.96. The van der Waals surface area contributed by atoms with E-state index in [4.69, 9.17) is 5.73 Å². The highest BCUT2D eigenvalue weighted by atomic mass is 16.2. The van der Waals surface area contributed by atoms with E-state index in [2.05, 4.69) is 29.2 Å². The number of hydrogen-bond acceptors (Lipinski definition) is 4. The highest BCUT2D eigenvalue weighted by Crippen LogP contribution is 2.36. The Morgan fingerprint density at radius 2 is 1.60 bits per heavy atom. The molecule has 5 rings (SSSR count). The molecule has 182 valence electrons. The van der Waals surface area contributed by atoms with Gasteiger partial charge in [0.05, 0.1) is 6.54 Å². The van der Waals surface area contributed by atoms with Crippen LogP contribution in [0.1, 0.15) is 57.8 Å². The van der Waals surface area contributed by atoms with Crippen LogP contribution in [0.5, 0.6) is 0 Å². The maximum absolute atomic E-state index is 13.8. The van der Waals surface area contributed by atoms with E-state index in [1.807, 2.05) is 59.8 Å². The number of carbonyl (C=O) groups excluding carboxylic acids is 2. The van der Waals surface area contributed by atoms with Gasteiger partial charge in [-0.2, -0.15) is 0 Å². The summed E-state index contributed by atoms with van der Waals surface area (Å²) in [6.45, 7) is 4.05. The average Bonchev–Trinajstić information content (AvgIpc) is 3.63. The predicted octanol–water partition coefficient (Wildman–Crippen LogP) is 3.20. The number of nitrogens with zero attached hydrogens (tertiary/aromatic N) is 4. The van der Waals surface area contributed by atoms with Gasteiger partial charge in [-0.15, -0.1) is 0 Å². The fourth-order valence-corrected chi connectivity index (χ4v) is 5.59. The van der Waals surface area contributed by atoms with Crippen LogP contribution in [-0.4, -0.2) is 56.8 Å². The van der Waals surface area contributed by atoms with Crippen molar-refractivity contribution in [1.82, 2.24) is 19.4 Å². The van der Waals surface area contributed by atoms with Crippen molar-refractivity contribution in [1.29, 1.82) is 0 Å². The molecule has 3 heterocycles. The lowest BCUT2D eigenvalue weighted by molar-refractivity contribution is -0.134. The van der Waals surface area contributed by atoms with Gasteiger partial charge in [-0.25, -0.2) is 4.98 Å². The number of nitrogens with two attached hydrogens (primary N) is 1. The van der Waals surface area contributed by atoms with E-state index in [-0.39, 0.29) is 24.3 Å². The largest absolute Gasteiger partial charge is 0.340 e. The van der Waals surface area contributed by atoms with Gasteiger partial charge in [-0.1, -0.05) is 60.7 Å². The molecule has 0 bridgehead atoms. The van der Waals surface area contributed by atoms with E-state index >= 15 is 0 Å². The van der Waals surface area contributed by atoms with Crippen molar-refractivity contribution in [3.8, 4) is 0 Å². The van der Waals surface area contributed by atoms with Crippen LogP contribution in [0.4, 0.5) is 0 Å². The van der Waals surface area contributed by atoms with Crippen LogP contribution >= 0.6 is 0 Å². The van der Waals surface area contributed by atoms with Gasteiger partial charge in [-0.05, 0) is 30.9 Å². The molecule has 0 radical (unpaired) electrons. The quantitative estimate of drug-likeness (QED) is 0.619. The molecule has 2 saturated heterocycles. The molecule has 2 aromatic carbocycles. The first kappa shape index (κ1) is 23.3. The Kier molecular flexibility index (Phi) is 6.43. The van der Waals surface area contributed by atoms with E-state index in [9.17, 15) is 9.59 Å². The molecule has 35 heavy (non-hydrogen) atoms. The molecule has 2 aliphatic heterocycles. The maximum atomic E-state index is 13.8. The number of imidazole rings is 1. The lowest BCUT2D eigenvalue weighted by Gasteiger charge is -2.27. The Morgan fingerprint density at radius 3 is 2.20 bits per heavy atom. The predicted molar refractivity (Wildman–Crippen MR) is 135 cm³/mol. The summed E-state index contributed by atoms with van der Waals surface area (Å²) in [5.41, 5.74) is 9.42. The number of rotatable bonds is 5. The maximum Gasteiger partial charge on any atom is 0.275 e. The minimum Gasteiger partial charge on any atom is -0.340 e. The number of benzene rings is 2. The van der Waals surface area contributed by atoms with Gasteiger partial charge in [-0.3, -0.25) is 9.59 Å². The number of hydrogen-bond donors (Lipinski definition) is 1. The van der Waals surface area contributed by atoms with E-state index in [1.165, 1.54) is 5.56 Å². The highest BCUT2D eigenvalue weighted by molar-refractivity contribution is 5.97. The molecule has 2 fully saturated rings. The van der Waals surface area contributed by atoms with Crippen LogP contribution in [0, 0.1) is 6.92 Å². The summed E-state index contributed by atoms with van der Waals surface area (Å²) in [7, 11) is 1.87. The molecule has 2 aliphatic rings. The Hall–Kier alpha value is -3.45. The second-order valence-electron chi connectivity index (χ2n) is 9.72. The summed E-state index contributed by atoms with van der Waals surface area (Å²) in [5.74, 6) is 0.967. The lowest BCUT2D eigenvalue weighted by Crippen LogP contribution is -2.47. The smallest absolute Gasteiger partial charge is 0.275 e. The van der Waals surface area contributed by atoms with Gasteiger partial charge < -0.3 is 20.1 Å². The first-order chi connectivity index (χ1) is 17.0. The third-order valence-electron chi connectivity index (χ3n) is 7.75. The topological polar surface area (TPSA) is 84.5 Å². The molecule has 0 aliphatic carbocycles. The molecule has 3 unspecified atom stereocenters. The first-order valence-electron chi connectivity index (χ1n) is 12.4. The van der Waals surface area contributed by atoms with E-state index in [0.717, 1.165) is 17.7 Å². The molecular formula is C28H33N5O2. The molecule has 0 spiro atoms. The Bertz CT molecular complexity index is 1210. The minimum atomic E-state index is -0.495. The van der Waals surface area contributed by atoms with Gasteiger partial charge in [0.2, 0.25) is 5.91 Å². The van der Waals surface area contributed by atoms with E-state index in [1.54, 1.807) is 4.90 Å². The van der Waals surface area contributed by atoms with Crippen molar-refractivity contribution < 1.29 is 9.59 Å². The fourth-order valence-electron chi connectivity index (χ4n) is 5.59. The molecule has 0 saturated carbocycles. The monoisotopic (exact) mass is 471 g/mol. The molecule has 1 aromatic heterocycles. The van der Waals surface area contributed by atoms with Crippen molar-refractivity contribution in [2.75, 3.05) is 19.6 Å². The zero-order valence-electron chi connectivity index (χ0n) is 20.4. The van der Waals surface area contributed by atoms with Crippen molar-refractivity contribution >= 4 is 11.8 Å². The Morgan fingerprint density at radius 1 is 0.971 bits per heavy atom. The number of carbonyl (C=O) groups is 2. The Balaban J connectivity index is 1.41. The van der Waals surface area contributed by atoms with Crippen molar-refractivity contribution in [2.45, 2.75) is 44.2 Å². The van der Waals surface area contributed by atoms with Crippen LogP contribution < -0.4 is 5.73 Å². The second kappa shape index (κ2) is 9.66. The van der Waals surface area contributed by atoms with Gasteiger partial charge >= 0.3 is 0 Å². The van der Waals surface area contributed by atoms with Crippen molar-refractivity contribution in [3.63, 3.8) is 0 Å².